The molecule has 0 N–H and O–H groups in total. The SMILES string of the molecule is O=C(CCCC(=O)Oc1ccccc1F)OCCF. The number of carbonyl (C=O) groups is 2. The number of para-hydroxylation sites is 1. The first-order chi connectivity index (χ1) is 9.13. The summed E-state index contributed by atoms with van der Waals surface area (Å²) in [6, 6.07) is 5.53. The zero-order valence-electron chi connectivity index (χ0n) is 10.2. The predicted molar refractivity (Wildman–Crippen MR) is 62.8 cm³/mol. The third kappa shape index (κ3) is 5.94. The summed E-state index contributed by atoms with van der Waals surface area (Å²) in [6.45, 7) is -1.01. The molecule has 0 heterocycles. The van der Waals surface area contributed by atoms with Crippen LogP contribution in [-0.4, -0.2) is 25.2 Å². The highest BCUT2D eigenvalue weighted by atomic mass is 19.1. The Kier molecular flexibility index (Phi) is 6.49. The maximum atomic E-state index is 13.2. The number of hydrogen-bond acceptors (Lipinski definition) is 4. The van der Waals surface area contributed by atoms with Gasteiger partial charge in [0.15, 0.2) is 11.6 Å². The summed E-state index contributed by atoms with van der Waals surface area (Å²) in [5.41, 5.74) is 0. The Labute approximate surface area is 109 Å². The van der Waals surface area contributed by atoms with Crippen LogP contribution in [0.5, 0.6) is 5.75 Å². The largest absolute Gasteiger partial charge is 0.463 e. The lowest BCUT2D eigenvalue weighted by molar-refractivity contribution is -0.144. The Balaban J connectivity index is 2.25. The van der Waals surface area contributed by atoms with Gasteiger partial charge in [0.05, 0.1) is 0 Å². The van der Waals surface area contributed by atoms with Crippen LogP contribution < -0.4 is 4.74 Å². The fourth-order valence-electron chi connectivity index (χ4n) is 1.30. The third-order valence-electron chi connectivity index (χ3n) is 2.16. The molecule has 0 aromatic heterocycles. The molecule has 0 aliphatic carbocycles. The Hall–Kier alpha value is -1.98. The zero-order chi connectivity index (χ0) is 14.1. The minimum atomic E-state index is -0.735. The van der Waals surface area contributed by atoms with Gasteiger partial charge in [-0.2, -0.15) is 0 Å². The van der Waals surface area contributed by atoms with Crippen LogP contribution >= 0.6 is 0 Å². The van der Waals surface area contributed by atoms with E-state index in [1.807, 2.05) is 0 Å². The quantitative estimate of drug-likeness (QED) is 0.565. The average Bonchev–Trinajstić information content (AvgIpc) is 2.39. The minimum absolute atomic E-state index is 0.00757. The number of esters is 2. The highest BCUT2D eigenvalue weighted by molar-refractivity contribution is 5.74. The maximum Gasteiger partial charge on any atom is 0.311 e. The Morgan fingerprint density at radius 3 is 2.47 bits per heavy atom. The lowest BCUT2D eigenvalue weighted by Gasteiger charge is -2.05. The van der Waals surface area contributed by atoms with Crippen LogP contribution in [0.2, 0.25) is 0 Å². The van der Waals surface area contributed by atoms with Crippen LogP contribution in [-0.2, 0) is 14.3 Å². The van der Waals surface area contributed by atoms with E-state index in [0.717, 1.165) is 0 Å². The summed E-state index contributed by atoms with van der Waals surface area (Å²) >= 11 is 0. The van der Waals surface area contributed by atoms with E-state index in [1.165, 1.54) is 18.2 Å². The fourth-order valence-corrected chi connectivity index (χ4v) is 1.30. The van der Waals surface area contributed by atoms with Gasteiger partial charge < -0.3 is 9.47 Å². The Bertz CT molecular complexity index is 434. The molecular formula is C13H14F2O4. The van der Waals surface area contributed by atoms with E-state index in [-0.39, 0.29) is 31.6 Å². The minimum Gasteiger partial charge on any atom is -0.463 e. The first kappa shape index (κ1) is 15.1. The fraction of sp³-hybridized carbons (Fsp3) is 0.385. The number of rotatable bonds is 7. The van der Waals surface area contributed by atoms with Crippen molar-refractivity contribution in [1.82, 2.24) is 0 Å². The highest BCUT2D eigenvalue weighted by Crippen LogP contribution is 2.16. The van der Waals surface area contributed by atoms with Crippen molar-refractivity contribution in [1.29, 1.82) is 0 Å². The molecule has 0 aliphatic heterocycles. The molecule has 0 spiro atoms. The van der Waals surface area contributed by atoms with Gasteiger partial charge in [0.2, 0.25) is 0 Å². The van der Waals surface area contributed by atoms with Gasteiger partial charge in [-0.15, -0.1) is 0 Å². The standard InChI is InChI=1S/C13H14F2O4/c14-8-9-18-12(16)6-3-7-13(17)19-11-5-2-1-4-10(11)15/h1-2,4-5H,3,6-9H2. The topological polar surface area (TPSA) is 52.6 Å². The molecule has 0 aliphatic rings. The highest BCUT2D eigenvalue weighted by Gasteiger charge is 2.10. The molecule has 104 valence electrons. The first-order valence-corrected chi connectivity index (χ1v) is 5.80. The molecule has 0 bridgehead atoms. The average molecular weight is 272 g/mol. The number of hydrogen-bond donors (Lipinski definition) is 0. The molecule has 0 atom stereocenters. The van der Waals surface area contributed by atoms with E-state index in [2.05, 4.69) is 4.74 Å². The van der Waals surface area contributed by atoms with Gasteiger partial charge >= 0.3 is 11.9 Å². The summed E-state index contributed by atoms with van der Waals surface area (Å²) in [6.07, 6.45) is 0.157. The molecule has 0 fully saturated rings. The Morgan fingerprint density at radius 1 is 1.11 bits per heavy atom. The molecule has 19 heavy (non-hydrogen) atoms. The maximum absolute atomic E-state index is 13.2. The van der Waals surface area contributed by atoms with Crippen LogP contribution in [0.25, 0.3) is 0 Å². The van der Waals surface area contributed by atoms with E-state index in [9.17, 15) is 18.4 Å². The molecule has 1 rings (SSSR count). The first-order valence-electron chi connectivity index (χ1n) is 5.80. The molecule has 0 radical (unpaired) electrons. The summed E-state index contributed by atoms with van der Waals surface area (Å²) in [5.74, 6) is -1.98. The predicted octanol–water partition coefficient (Wildman–Crippen LogP) is 2.41. The van der Waals surface area contributed by atoms with Crippen molar-refractivity contribution in [2.24, 2.45) is 0 Å². The van der Waals surface area contributed by atoms with E-state index in [1.54, 1.807) is 6.07 Å². The van der Waals surface area contributed by atoms with Gasteiger partial charge in [0.1, 0.15) is 13.3 Å². The van der Waals surface area contributed by atoms with E-state index in [0.29, 0.717) is 0 Å². The molecule has 1 aromatic carbocycles. The zero-order valence-corrected chi connectivity index (χ0v) is 10.2. The molecule has 0 saturated carbocycles. The summed E-state index contributed by atoms with van der Waals surface area (Å²) in [7, 11) is 0. The summed E-state index contributed by atoms with van der Waals surface area (Å²) in [4.78, 5) is 22.4. The van der Waals surface area contributed by atoms with Crippen molar-refractivity contribution >= 4 is 11.9 Å². The molecule has 1 aromatic rings. The van der Waals surface area contributed by atoms with Crippen LogP contribution in [0.15, 0.2) is 24.3 Å². The van der Waals surface area contributed by atoms with Gasteiger partial charge in [-0.3, -0.25) is 9.59 Å². The van der Waals surface area contributed by atoms with Gasteiger partial charge in [0.25, 0.3) is 0 Å². The second-order valence-corrected chi connectivity index (χ2v) is 3.67. The lowest BCUT2D eigenvalue weighted by atomic mass is 10.2. The molecule has 0 saturated heterocycles. The second-order valence-electron chi connectivity index (χ2n) is 3.67. The number of halogens is 2. The molecule has 0 unspecified atom stereocenters. The van der Waals surface area contributed by atoms with Crippen molar-refractivity contribution in [2.45, 2.75) is 19.3 Å². The Morgan fingerprint density at radius 2 is 1.79 bits per heavy atom. The number of benzene rings is 1. The number of alkyl halides is 1. The molecule has 6 heteroatoms. The normalized spacial score (nSPS) is 10.0. The van der Waals surface area contributed by atoms with Crippen molar-refractivity contribution < 1.29 is 27.8 Å². The van der Waals surface area contributed by atoms with Gasteiger partial charge in [-0.1, -0.05) is 12.1 Å². The van der Waals surface area contributed by atoms with Gasteiger partial charge in [-0.05, 0) is 18.6 Å². The summed E-state index contributed by atoms with van der Waals surface area (Å²) in [5, 5.41) is 0. The number of ether oxygens (including phenoxy) is 2. The van der Waals surface area contributed by atoms with Gasteiger partial charge in [0, 0.05) is 12.8 Å². The van der Waals surface area contributed by atoms with Crippen molar-refractivity contribution in [2.75, 3.05) is 13.3 Å². The van der Waals surface area contributed by atoms with Crippen molar-refractivity contribution in [3.05, 3.63) is 30.1 Å². The van der Waals surface area contributed by atoms with Crippen LogP contribution in [0.1, 0.15) is 19.3 Å². The van der Waals surface area contributed by atoms with Crippen LogP contribution in [0.3, 0.4) is 0 Å². The molecule has 0 amide bonds. The third-order valence-corrected chi connectivity index (χ3v) is 2.16. The molecule has 4 nitrogen and oxygen atoms in total. The van der Waals surface area contributed by atoms with Crippen LogP contribution in [0, 0.1) is 5.82 Å². The van der Waals surface area contributed by atoms with E-state index >= 15 is 0 Å². The smallest absolute Gasteiger partial charge is 0.311 e. The monoisotopic (exact) mass is 272 g/mol. The second kappa shape index (κ2) is 8.18. The van der Waals surface area contributed by atoms with Crippen molar-refractivity contribution in [3.63, 3.8) is 0 Å². The lowest BCUT2D eigenvalue weighted by Crippen LogP contribution is -2.11. The van der Waals surface area contributed by atoms with E-state index < -0.39 is 24.4 Å². The summed E-state index contributed by atoms with van der Waals surface area (Å²) < 4.78 is 34.1. The van der Waals surface area contributed by atoms with Gasteiger partial charge in [-0.25, -0.2) is 8.78 Å². The van der Waals surface area contributed by atoms with E-state index in [4.69, 9.17) is 4.74 Å². The van der Waals surface area contributed by atoms with Crippen LogP contribution in [0.4, 0.5) is 8.78 Å². The molecular weight excluding hydrogens is 258 g/mol. The number of carbonyl (C=O) groups excluding carboxylic acids is 2. The van der Waals surface area contributed by atoms with Crippen molar-refractivity contribution in [3.8, 4) is 5.75 Å².